The molecule has 0 saturated carbocycles. The van der Waals surface area contributed by atoms with Gasteiger partial charge in [0, 0.05) is 18.8 Å². The van der Waals surface area contributed by atoms with Gasteiger partial charge in [-0.15, -0.1) is 0 Å². The summed E-state index contributed by atoms with van der Waals surface area (Å²) in [5.74, 6) is -0.553. The van der Waals surface area contributed by atoms with Gasteiger partial charge in [0.15, 0.2) is 0 Å². The van der Waals surface area contributed by atoms with Gasteiger partial charge < -0.3 is 5.32 Å². The maximum atomic E-state index is 11.9. The first kappa shape index (κ1) is 14.6. The highest BCUT2D eigenvalue weighted by Crippen LogP contribution is 2.26. The zero-order chi connectivity index (χ0) is 14.2. The molecule has 104 valence electrons. The van der Waals surface area contributed by atoms with Crippen LogP contribution in [0.2, 0.25) is 10.0 Å². The highest BCUT2D eigenvalue weighted by Gasteiger charge is 2.37. The summed E-state index contributed by atoms with van der Waals surface area (Å²) in [6.07, 6.45) is 1.13. The molecule has 1 N–H and O–H groups in total. The number of amides is 1. The third-order valence-electron chi connectivity index (χ3n) is 2.87. The van der Waals surface area contributed by atoms with E-state index in [0.717, 1.165) is 6.26 Å². The Kier molecular flexibility index (Phi) is 4.06. The molecule has 1 aromatic carbocycles. The molecule has 0 aromatic heterocycles. The van der Waals surface area contributed by atoms with Gasteiger partial charge in [-0.1, -0.05) is 23.2 Å². The van der Waals surface area contributed by atoms with E-state index >= 15 is 0 Å². The number of hydrogen-bond donors (Lipinski definition) is 1. The highest BCUT2D eigenvalue weighted by atomic mass is 35.5. The molecule has 0 aliphatic carbocycles. The minimum absolute atomic E-state index is 0.214. The van der Waals surface area contributed by atoms with Crippen LogP contribution in [0.25, 0.3) is 0 Å². The van der Waals surface area contributed by atoms with E-state index in [1.807, 2.05) is 0 Å². The van der Waals surface area contributed by atoms with Crippen LogP contribution in [0.4, 0.5) is 5.69 Å². The number of nitrogens with zero attached hydrogens (tertiary/aromatic N) is 1. The number of benzene rings is 1. The third-order valence-corrected chi connectivity index (χ3v) is 4.85. The molecule has 1 heterocycles. The van der Waals surface area contributed by atoms with Crippen molar-refractivity contribution in [2.75, 3.05) is 24.7 Å². The van der Waals surface area contributed by atoms with Gasteiger partial charge in [0.1, 0.15) is 0 Å². The first-order valence-corrected chi connectivity index (χ1v) is 8.09. The Morgan fingerprint density at radius 2 is 1.95 bits per heavy atom. The molecule has 5 nitrogen and oxygen atoms in total. The highest BCUT2D eigenvalue weighted by molar-refractivity contribution is 7.88. The van der Waals surface area contributed by atoms with Crippen molar-refractivity contribution in [2.45, 2.75) is 0 Å². The molecule has 0 spiro atoms. The molecule has 8 heteroatoms. The predicted molar refractivity (Wildman–Crippen MR) is 75.0 cm³/mol. The molecular weight excluding hydrogens is 311 g/mol. The van der Waals surface area contributed by atoms with E-state index in [1.165, 1.54) is 4.31 Å². The molecule has 0 unspecified atom stereocenters. The number of anilines is 1. The van der Waals surface area contributed by atoms with Gasteiger partial charge >= 0.3 is 0 Å². The van der Waals surface area contributed by atoms with E-state index in [2.05, 4.69) is 5.32 Å². The average Bonchev–Trinajstić information content (AvgIpc) is 2.19. The van der Waals surface area contributed by atoms with Crippen LogP contribution in [-0.2, 0) is 14.8 Å². The monoisotopic (exact) mass is 322 g/mol. The molecule has 1 fully saturated rings. The smallest absolute Gasteiger partial charge is 0.230 e. The molecule has 1 aliphatic rings. The Morgan fingerprint density at radius 3 is 2.47 bits per heavy atom. The zero-order valence-electron chi connectivity index (χ0n) is 10.1. The average molecular weight is 323 g/mol. The van der Waals surface area contributed by atoms with Crippen molar-refractivity contribution >= 4 is 44.8 Å². The van der Waals surface area contributed by atoms with E-state index in [0.29, 0.717) is 15.7 Å². The minimum atomic E-state index is -3.20. The Labute approximate surface area is 121 Å². The van der Waals surface area contributed by atoms with Crippen molar-refractivity contribution in [1.82, 2.24) is 4.31 Å². The van der Waals surface area contributed by atoms with E-state index in [1.54, 1.807) is 18.2 Å². The number of rotatable bonds is 3. The maximum absolute atomic E-state index is 11.9. The van der Waals surface area contributed by atoms with Crippen LogP contribution in [-0.4, -0.2) is 38.0 Å². The molecule has 1 saturated heterocycles. The second-order valence-electron chi connectivity index (χ2n) is 4.40. The number of nitrogens with one attached hydrogen (secondary N) is 1. The van der Waals surface area contributed by atoms with Gasteiger partial charge in [-0.25, -0.2) is 12.7 Å². The molecule has 0 radical (unpaired) electrons. The lowest BCUT2D eigenvalue weighted by Gasteiger charge is -2.35. The normalized spacial score (nSPS) is 17.0. The van der Waals surface area contributed by atoms with Crippen LogP contribution in [0.15, 0.2) is 18.2 Å². The van der Waals surface area contributed by atoms with Crippen LogP contribution >= 0.6 is 23.2 Å². The fourth-order valence-corrected chi connectivity index (χ4v) is 2.89. The zero-order valence-corrected chi connectivity index (χ0v) is 12.4. The first-order valence-electron chi connectivity index (χ1n) is 5.48. The van der Waals surface area contributed by atoms with E-state index in [4.69, 9.17) is 23.2 Å². The van der Waals surface area contributed by atoms with Gasteiger partial charge in [-0.05, 0) is 18.2 Å². The van der Waals surface area contributed by atoms with Crippen molar-refractivity contribution in [1.29, 1.82) is 0 Å². The summed E-state index contributed by atoms with van der Waals surface area (Å²) in [5, 5.41) is 3.44. The summed E-state index contributed by atoms with van der Waals surface area (Å²) in [4.78, 5) is 11.9. The van der Waals surface area contributed by atoms with Crippen LogP contribution in [0.1, 0.15) is 0 Å². The molecule has 19 heavy (non-hydrogen) atoms. The predicted octanol–water partition coefficient (Wildman–Crippen LogP) is 1.82. The second-order valence-corrected chi connectivity index (χ2v) is 7.19. The summed E-state index contributed by atoms with van der Waals surface area (Å²) in [7, 11) is -3.20. The molecule has 1 amide bonds. The number of hydrogen-bond acceptors (Lipinski definition) is 3. The molecular formula is C11H12Cl2N2O3S. The van der Waals surface area contributed by atoms with Crippen molar-refractivity contribution in [2.24, 2.45) is 5.92 Å². The first-order chi connectivity index (χ1) is 8.77. The maximum Gasteiger partial charge on any atom is 0.230 e. The van der Waals surface area contributed by atoms with Crippen molar-refractivity contribution in [3.63, 3.8) is 0 Å². The van der Waals surface area contributed by atoms with Gasteiger partial charge in [0.05, 0.1) is 22.2 Å². The Hall–Kier alpha value is -0.820. The summed E-state index contributed by atoms with van der Waals surface area (Å²) >= 11 is 11.6. The van der Waals surface area contributed by atoms with E-state index < -0.39 is 10.0 Å². The van der Waals surface area contributed by atoms with Gasteiger partial charge in [0.25, 0.3) is 0 Å². The summed E-state index contributed by atoms with van der Waals surface area (Å²) in [6.45, 7) is 0.429. The second kappa shape index (κ2) is 5.28. The van der Waals surface area contributed by atoms with E-state index in [-0.39, 0.29) is 24.9 Å². The van der Waals surface area contributed by atoms with Gasteiger partial charge in [-0.2, -0.15) is 0 Å². The lowest BCUT2D eigenvalue weighted by Crippen LogP contribution is -2.53. The number of halogens is 2. The Balaban J connectivity index is 1.94. The molecule has 0 bridgehead atoms. The fourth-order valence-electron chi connectivity index (χ4n) is 1.69. The number of carbonyl (C=O) groups excluding carboxylic acids is 1. The number of carbonyl (C=O) groups is 1. The topological polar surface area (TPSA) is 66.5 Å². The van der Waals surface area contributed by atoms with Crippen LogP contribution < -0.4 is 5.32 Å². The SMILES string of the molecule is CS(=O)(=O)N1CC(C(=O)Nc2ccc(Cl)c(Cl)c2)C1. The molecule has 2 rings (SSSR count). The Bertz CT molecular complexity index is 612. The van der Waals surface area contributed by atoms with Crippen LogP contribution in [0.5, 0.6) is 0 Å². The standard InChI is InChI=1S/C11H12Cl2N2O3S/c1-19(17,18)15-5-7(6-15)11(16)14-8-2-3-9(12)10(13)4-8/h2-4,7H,5-6H2,1H3,(H,14,16). The molecule has 1 aromatic rings. The fraction of sp³-hybridized carbons (Fsp3) is 0.364. The summed E-state index contributed by atoms with van der Waals surface area (Å²) < 4.78 is 23.6. The lowest BCUT2D eigenvalue weighted by molar-refractivity contribution is -0.122. The van der Waals surface area contributed by atoms with Crippen LogP contribution in [0.3, 0.4) is 0 Å². The van der Waals surface area contributed by atoms with E-state index in [9.17, 15) is 13.2 Å². The Morgan fingerprint density at radius 1 is 1.32 bits per heavy atom. The summed E-state index contributed by atoms with van der Waals surface area (Å²) in [6, 6.07) is 4.77. The van der Waals surface area contributed by atoms with Crippen LogP contribution in [0, 0.1) is 5.92 Å². The third kappa shape index (κ3) is 3.39. The van der Waals surface area contributed by atoms with Gasteiger partial charge in [0.2, 0.25) is 15.9 Å². The molecule has 0 atom stereocenters. The molecule has 1 aliphatic heterocycles. The lowest BCUT2D eigenvalue weighted by atomic mass is 10.0. The van der Waals surface area contributed by atoms with Crippen molar-refractivity contribution in [3.05, 3.63) is 28.2 Å². The largest absolute Gasteiger partial charge is 0.326 e. The quantitative estimate of drug-likeness (QED) is 0.923. The van der Waals surface area contributed by atoms with Crippen molar-refractivity contribution in [3.8, 4) is 0 Å². The minimum Gasteiger partial charge on any atom is -0.326 e. The van der Waals surface area contributed by atoms with Gasteiger partial charge in [-0.3, -0.25) is 4.79 Å². The summed E-state index contributed by atoms with van der Waals surface area (Å²) in [5.41, 5.74) is 0.539. The van der Waals surface area contributed by atoms with Crippen molar-refractivity contribution < 1.29 is 13.2 Å². The number of sulfonamides is 1.